The van der Waals surface area contributed by atoms with Crippen molar-refractivity contribution >= 4 is 16.9 Å². The smallest absolute Gasteiger partial charge is 0.251 e. The maximum absolute atomic E-state index is 12.0. The monoisotopic (exact) mass is 273 g/mol. The molecule has 1 amide bonds. The number of imidazole rings is 1. The third-order valence-corrected chi connectivity index (χ3v) is 3.75. The number of nitrogens with one attached hydrogen (secondary N) is 1. The summed E-state index contributed by atoms with van der Waals surface area (Å²) in [6, 6.07) is 7.98. The number of rotatable bonds is 4. The van der Waals surface area contributed by atoms with Crippen LogP contribution >= 0.6 is 0 Å². The molecule has 5 nitrogen and oxygen atoms in total. The lowest BCUT2D eigenvalue weighted by Gasteiger charge is -2.39. The maximum Gasteiger partial charge on any atom is 0.251 e. The second-order valence-electron chi connectivity index (χ2n) is 5.18. The van der Waals surface area contributed by atoms with Gasteiger partial charge >= 0.3 is 0 Å². The molecule has 1 fully saturated rings. The van der Waals surface area contributed by atoms with Gasteiger partial charge in [0.2, 0.25) is 0 Å². The zero-order valence-corrected chi connectivity index (χ0v) is 11.8. The van der Waals surface area contributed by atoms with Crippen molar-refractivity contribution in [3.8, 4) is 0 Å². The fourth-order valence-electron chi connectivity index (χ4n) is 2.58. The highest BCUT2D eigenvalue weighted by Crippen LogP contribution is 2.27. The van der Waals surface area contributed by atoms with Crippen molar-refractivity contribution in [2.75, 3.05) is 19.7 Å². The third-order valence-electron chi connectivity index (χ3n) is 3.75. The number of para-hydroxylation sites is 2. The van der Waals surface area contributed by atoms with Crippen LogP contribution in [0, 0.1) is 0 Å². The van der Waals surface area contributed by atoms with Gasteiger partial charge in [-0.1, -0.05) is 12.1 Å². The van der Waals surface area contributed by atoms with Crippen LogP contribution in [-0.2, 0) is 9.53 Å². The molecule has 20 heavy (non-hydrogen) atoms. The Hall–Kier alpha value is -1.88. The molecule has 2 aromatic rings. The van der Waals surface area contributed by atoms with Gasteiger partial charge in [-0.3, -0.25) is 4.79 Å². The van der Waals surface area contributed by atoms with Crippen molar-refractivity contribution in [1.29, 1.82) is 0 Å². The first-order valence-electron chi connectivity index (χ1n) is 7.04. The molecule has 1 saturated heterocycles. The Morgan fingerprint density at radius 2 is 2.25 bits per heavy atom. The van der Waals surface area contributed by atoms with Crippen LogP contribution < -0.4 is 0 Å². The Bertz CT molecular complexity index is 583. The number of aromatic amines is 1. The largest absolute Gasteiger partial charge is 0.369 e. The minimum absolute atomic E-state index is 0.0687. The van der Waals surface area contributed by atoms with Crippen molar-refractivity contribution in [1.82, 2.24) is 14.9 Å². The van der Waals surface area contributed by atoms with E-state index in [1.807, 2.05) is 36.1 Å². The molecule has 0 spiro atoms. The zero-order valence-electron chi connectivity index (χ0n) is 11.8. The number of amides is 1. The topological polar surface area (TPSA) is 58.2 Å². The van der Waals surface area contributed by atoms with Gasteiger partial charge < -0.3 is 14.6 Å². The van der Waals surface area contributed by atoms with Gasteiger partial charge in [0.1, 0.15) is 11.9 Å². The van der Waals surface area contributed by atoms with Crippen LogP contribution in [0.5, 0.6) is 0 Å². The number of ether oxygens (including phenoxy) is 1. The lowest BCUT2D eigenvalue weighted by molar-refractivity contribution is -0.147. The minimum Gasteiger partial charge on any atom is -0.369 e. The van der Waals surface area contributed by atoms with Crippen LogP contribution in [0.3, 0.4) is 0 Å². The van der Waals surface area contributed by atoms with Gasteiger partial charge in [-0.25, -0.2) is 4.98 Å². The summed E-state index contributed by atoms with van der Waals surface area (Å²) in [6.07, 6.45) is -0.350. The predicted octanol–water partition coefficient (Wildman–Crippen LogP) is 1.91. The predicted molar refractivity (Wildman–Crippen MR) is 76.5 cm³/mol. The Morgan fingerprint density at radius 1 is 1.50 bits per heavy atom. The van der Waals surface area contributed by atoms with E-state index in [0.717, 1.165) is 29.9 Å². The van der Waals surface area contributed by atoms with E-state index in [4.69, 9.17) is 4.74 Å². The van der Waals surface area contributed by atoms with Gasteiger partial charge in [0.15, 0.2) is 0 Å². The third kappa shape index (κ3) is 2.29. The molecule has 1 N–H and O–H groups in total. The molecule has 0 radical (unpaired) electrons. The van der Waals surface area contributed by atoms with Gasteiger partial charge in [-0.05, 0) is 26.0 Å². The first-order chi connectivity index (χ1) is 9.69. The highest BCUT2D eigenvalue weighted by molar-refractivity contribution is 5.81. The first kappa shape index (κ1) is 13.1. The van der Waals surface area contributed by atoms with E-state index in [-0.39, 0.29) is 12.0 Å². The number of hydrogen-bond donors (Lipinski definition) is 1. The number of fused-ring (bicyclic) bond motifs is 1. The first-order valence-corrected chi connectivity index (χ1v) is 7.04. The second-order valence-corrected chi connectivity index (χ2v) is 5.18. The molecule has 3 rings (SSSR count). The average Bonchev–Trinajstić information content (AvgIpc) is 2.80. The summed E-state index contributed by atoms with van der Waals surface area (Å²) in [7, 11) is 0. The molecular weight excluding hydrogens is 254 g/mol. The number of nitrogens with zero attached hydrogens (tertiary/aromatic N) is 2. The van der Waals surface area contributed by atoms with Crippen molar-refractivity contribution in [2.24, 2.45) is 0 Å². The van der Waals surface area contributed by atoms with Crippen LogP contribution in [0.15, 0.2) is 24.3 Å². The van der Waals surface area contributed by atoms with Crippen LogP contribution in [-0.4, -0.2) is 46.6 Å². The van der Waals surface area contributed by atoms with Crippen molar-refractivity contribution < 1.29 is 9.53 Å². The number of hydrogen-bond acceptors (Lipinski definition) is 3. The number of benzene rings is 1. The van der Waals surface area contributed by atoms with Gasteiger partial charge in [0, 0.05) is 19.7 Å². The Balaban J connectivity index is 1.64. The van der Waals surface area contributed by atoms with E-state index < -0.39 is 0 Å². The normalized spacial score (nSPS) is 17.2. The molecule has 5 heteroatoms. The van der Waals surface area contributed by atoms with Gasteiger partial charge in [0.25, 0.3) is 5.91 Å². The standard InChI is InChI=1S/C15H19N3O2/c1-3-20-10(2)15(19)18-8-11(9-18)14-16-12-6-4-5-7-13(12)17-14/h4-7,10-11H,3,8-9H2,1-2H3,(H,16,17). The molecule has 0 bridgehead atoms. The van der Waals surface area contributed by atoms with Crippen molar-refractivity contribution in [3.63, 3.8) is 0 Å². The average molecular weight is 273 g/mol. The summed E-state index contributed by atoms with van der Waals surface area (Å²) >= 11 is 0. The quantitative estimate of drug-likeness (QED) is 0.925. The van der Waals surface area contributed by atoms with Crippen LogP contribution in [0.4, 0.5) is 0 Å². The van der Waals surface area contributed by atoms with Crippen LogP contribution in [0.2, 0.25) is 0 Å². The zero-order chi connectivity index (χ0) is 14.1. The summed E-state index contributed by atoms with van der Waals surface area (Å²) < 4.78 is 5.33. The maximum atomic E-state index is 12.0. The number of likely N-dealkylation sites (tertiary alicyclic amines) is 1. The molecule has 0 saturated carbocycles. The van der Waals surface area contributed by atoms with Crippen LogP contribution in [0.25, 0.3) is 11.0 Å². The van der Waals surface area contributed by atoms with Gasteiger partial charge in [0.05, 0.1) is 17.0 Å². The Morgan fingerprint density at radius 3 is 2.95 bits per heavy atom. The summed E-state index contributed by atoms with van der Waals surface area (Å²) in [5, 5.41) is 0. The van der Waals surface area contributed by atoms with E-state index in [1.165, 1.54) is 0 Å². The van der Waals surface area contributed by atoms with E-state index in [1.54, 1.807) is 6.92 Å². The van der Waals surface area contributed by atoms with Gasteiger partial charge in [-0.15, -0.1) is 0 Å². The summed E-state index contributed by atoms with van der Waals surface area (Å²) in [5.41, 5.74) is 2.03. The molecule has 1 aromatic carbocycles. The molecule has 1 unspecified atom stereocenters. The second kappa shape index (κ2) is 5.25. The fraction of sp³-hybridized carbons (Fsp3) is 0.467. The molecule has 1 aromatic heterocycles. The van der Waals surface area contributed by atoms with E-state index in [0.29, 0.717) is 12.5 Å². The highest BCUT2D eigenvalue weighted by Gasteiger charge is 2.35. The van der Waals surface area contributed by atoms with Crippen LogP contribution in [0.1, 0.15) is 25.6 Å². The minimum atomic E-state index is -0.350. The molecule has 1 aliphatic rings. The van der Waals surface area contributed by atoms with Crippen molar-refractivity contribution in [3.05, 3.63) is 30.1 Å². The lowest BCUT2D eigenvalue weighted by atomic mass is 9.99. The summed E-state index contributed by atoms with van der Waals surface area (Å²) in [4.78, 5) is 21.8. The molecule has 106 valence electrons. The molecule has 2 heterocycles. The number of aromatic nitrogens is 2. The van der Waals surface area contributed by atoms with Gasteiger partial charge in [-0.2, -0.15) is 0 Å². The van der Waals surface area contributed by atoms with E-state index in [9.17, 15) is 4.79 Å². The summed E-state index contributed by atoms with van der Waals surface area (Å²) in [5.74, 6) is 1.35. The Kier molecular flexibility index (Phi) is 3.44. The number of carbonyl (C=O) groups is 1. The Labute approximate surface area is 117 Å². The molecule has 1 atom stereocenters. The fourth-order valence-corrected chi connectivity index (χ4v) is 2.58. The number of carbonyl (C=O) groups excluding carboxylic acids is 1. The van der Waals surface area contributed by atoms with E-state index >= 15 is 0 Å². The highest BCUT2D eigenvalue weighted by atomic mass is 16.5. The summed E-state index contributed by atoms with van der Waals surface area (Å²) in [6.45, 7) is 5.71. The molecular formula is C15H19N3O2. The molecule has 0 aliphatic carbocycles. The SMILES string of the molecule is CCOC(C)C(=O)N1CC(c2nc3ccccc3[nH]2)C1. The lowest BCUT2D eigenvalue weighted by Crippen LogP contribution is -2.52. The molecule has 1 aliphatic heterocycles. The van der Waals surface area contributed by atoms with E-state index in [2.05, 4.69) is 9.97 Å². The number of H-pyrrole nitrogens is 1. The van der Waals surface area contributed by atoms with Crippen molar-refractivity contribution in [2.45, 2.75) is 25.9 Å².